The first-order valence-electron chi connectivity index (χ1n) is 8.16. The number of aromatic nitrogens is 1. The number of hydrogen-bond acceptors (Lipinski definition) is 4. The number of nitrogens with one attached hydrogen (secondary N) is 1. The van der Waals surface area contributed by atoms with Gasteiger partial charge < -0.3 is 10.1 Å². The number of likely N-dealkylation sites (tertiary alicyclic amines) is 1. The Morgan fingerprint density at radius 2 is 2.36 bits per heavy atom. The van der Waals surface area contributed by atoms with E-state index in [1.165, 1.54) is 5.56 Å². The third-order valence-corrected chi connectivity index (χ3v) is 4.98. The number of hydrogen-bond donors (Lipinski definition) is 1. The minimum atomic E-state index is -0.268. The number of carbonyl (C=O) groups excluding carboxylic acids is 1. The summed E-state index contributed by atoms with van der Waals surface area (Å²) in [6.45, 7) is 4.54. The number of nitrogens with zero attached hydrogens (tertiary/aromatic N) is 2. The molecule has 0 spiro atoms. The van der Waals surface area contributed by atoms with E-state index >= 15 is 0 Å². The zero-order valence-corrected chi connectivity index (χ0v) is 13.4. The van der Waals surface area contributed by atoms with Gasteiger partial charge in [-0.1, -0.05) is 13.0 Å². The average molecular weight is 303 g/mol. The number of ether oxygens (including phenoxy) is 1. The topological polar surface area (TPSA) is 54.5 Å². The largest absolute Gasteiger partial charge is 0.368 e. The highest BCUT2D eigenvalue weighted by Gasteiger charge is 2.35. The van der Waals surface area contributed by atoms with Crippen molar-refractivity contribution in [1.82, 2.24) is 15.2 Å². The van der Waals surface area contributed by atoms with E-state index in [1.807, 2.05) is 12.3 Å². The summed E-state index contributed by atoms with van der Waals surface area (Å²) in [6, 6.07) is 4.43. The van der Waals surface area contributed by atoms with Crippen LogP contribution in [0.4, 0.5) is 0 Å². The molecule has 22 heavy (non-hydrogen) atoms. The van der Waals surface area contributed by atoms with Gasteiger partial charge in [0.1, 0.15) is 6.10 Å². The lowest BCUT2D eigenvalue weighted by Gasteiger charge is -2.26. The molecule has 4 atom stereocenters. The van der Waals surface area contributed by atoms with Crippen LogP contribution in [0.1, 0.15) is 31.4 Å². The Kier molecular flexibility index (Phi) is 4.74. The van der Waals surface area contributed by atoms with Gasteiger partial charge in [-0.15, -0.1) is 0 Å². The molecule has 5 heteroatoms. The number of rotatable bonds is 4. The van der Waals surface area contributed by atoms with E-state index in [1.54, 1.807) is 6.20 Å². The summed E-state index contributed by atoms with van der Waals surface area (Å²) in [6.07, 6.45) is 5.54. The third kappa shape index (κ3) is 3.15. The van der Waals surface area contributed by atoms with Crippen LogP contribution in [-0.4, -0.2) is 48.6 Å². The van der Waals surface area contributed by atoms with Crippen LogP contribution in [0.25, 0.3) is 0 Å². The summed E-state index contributed by atoms with van der Waals surface area (Å²) in [5.41, 5.74) is 1.23. The van der Waals surface area contributed by atoms with Crippen molar-refractivity contribution in [3.05, 3.63) is 30.1 Å². The molecule has 1 N–H and O–H groups in total. The summed E-state index contributed by atoms with van der Waals surface area (Å²) in [7, 11) is 2.14. The molecule has 3 rings (SSSR count). The van der Waals surface area contributed by atoms with Crippen molar-refractivity contribution in [2.45, 2.75) is 31.9 Å². The van der Waals surface area contributed by atoms with E-state index in [9.17, 15) is 4.79 Å². The summed E-state index contributed by atoms with van der Waals surface area (Å²) in [5.74, 6) is 0.791. The summed E-state index contributed by atoms with van der Waals surface area (Å²) in [4.78, 5) is 18.9. The maximum Gasteiger partial charge on any atom is 0.249 e. The van der Waals surface area contributed by atoms with E-state index in [4.69, 9.17) is 4.74 Å². The molecule has 0 aromatic carbocycles. The minimum absolute atomic E-state index is 0.0458. The molecular formula is C17H25N3O2. The second kappa shape index (κ2) is 6.75. The second-order valence-electron chi connectivity index (χ2n) is 6.56. The maximum atomic E-state index is 12.3. The number of pyridine rings is 1. The van der Waals surface area contributed by atoms with Gasteiger partial charge in [-0.05, 0) is 49.9 Å². The summed E-state index contributed by atoms with van der Waals surface area (Å²) >= 11 is 0. The van der Waals surface area contributed by atoms with Gasteiger partial charge in [-0.2, -0.15) is 0 Å². The van der Waals surface area contributed by atoms with E-state index in [-0.39, 0.29) is 12.0 Å². The first-order chi connectivity index (χ1) is 10.7. The molecule has 2 saturated heterocycles. The molecule has 1 aromatic heterocycles. The molecule has 5 nitrogen and oxygen atoms in total. The van der Waals surface area contributed by atoms with Gasteiger partial charge in [0.15, 0.2) is 0 Å². The van der Waals surface area contributed by atoms with Gasteiger partial charge in [0.2, 0.25) is 5.91 Å². The van der Waals surface area contributed by atoms with Gasteiger partial charge in [0, 0.05) is 31.6 Å². The Hall–Kier alpha value is -1.46. The molecular weight excluding hydrogens is 278 g/mol. The van der Waals surface area contributed by atoms with Crippen LogP contribution in [0.3, 0.4) is 0 Å². The fourth-order valence-electron chi connectivity index (χ4n) is 3.68. The van der Waals surface area contributed by atoms with E-state index in [0.717, 1.165) is 19.4 Å². The van der Waals surface area contributed by atoms with Crippen molar-refractivity contribution in [2.24, 2.45) is 11.8 Å². The predicted molar refractivity (Wildman–Crippen MR) is 84.2 cm³/mol. The van der Waals surface area contributed by atoms with Crippen molar-refractivity contribution in [1.29, 1.82) is 0 Å². The molecule has 2 fully saturated rings. The molecule has 2 aliphatic heterocycles. The van der Waals surface area contributed by atoms with Gasteiger partial charge in [0.25, 0.3) is 0 Å². The highest BCUT2D eigenvalue weighted by Crippen LogP contribution is 2.35. The highest BCUT2D eigenvalue weighted by molar-refractivity contribution is 5.81. The SMILES string of the molecule is C[C@H]1CCO[C@@H]1C(=O)NC[C@@H]1CCN(C)[C@H]1c1cccnc1. The Labute approximate surface area is 132 Å². The second-order valence-corrected chi connectivity index (χ2v) is 6.56. The lowest BCUT2D eigenvalue weighted by Crippen LogP contribution is -2.40. The van der Waals surface area contributed by atoms with Crippen LogP contribution in [-0.2, 0) is 9.53 Å². The summed E-state index contributed by atoms with van der Waals surface area (Å²) < 4.78 is 5.54. The van der Waals surface area contributed by atoms with Crippen LogP contribution in [0.2, 0.25) is 0 Å². The third-order valence-electron chi connectivity index (χ3n) is 4.98. The Bertz CT molecular complexity index is 508. The molecule has 1 aromatic rings. The normalized spacial score (nSPS) is 32.3. The van der Waals surface area contributed by atoms with Crippen LogP contribution in [0.5, 0.6) is 0 Å². The molecule has 2 aliphatic rings. The average Bonchev–Trinajstić information content (AvgIpc) is 3.11. The zero-order chi connectivity index (χ0) is 15.5. The van der Waals surface area contributed by atoms with E-state index in [0.29, 0.717) is 31.0 Å². The molecule has 0 bridgehead atoms. The Morgan fingerprint density at radius 1 is 1.50 bits per heavy atom. The molecule has 0 unspecified atom stereocenters. The molecule has 0 radical (unpaired) electrons. The van der Waals surface area contributed by atoms with Crippen LogP contribution in [0, 0.1) is 11.8 Å². The van der Waals surface area contributed by atoms with Crippen molar-refractivity contribution >= 4 is 5.91 Å². The van der Waals surface area contributed by atoms with E-state index in [2.05, 4.69) is 35.2 Å². The standard InChI is InChI=1S/C17H25N3O2/c1-12-6-9-22-16(12)17(21)19-11-14-5-8-20(2)15(14)13-4-3-7-18-10-13/h3-4,7,10,12,14-16H,5-6,8-9,11H2,1-2H3,(H,19,21)/t12-,14-,15-,16-/m0/s1. The van der Waals surface area contributed by atoms with Gasteiger partial charge in [-0.25, -0.2) is 0 Å². The minimum Gasteiger partial charge on any atom is -0.368 e. The fraction of sp³-hybridized carbons (Fsp3) is 0.647. The monoisotopic (exact) mass is 303 g/mol. The summed E-state index contributed by atoms with van der Waals surface area (Å²) in [5, 5.41) is 3.11. The quantitative estimate of drug-likeness (QED) is 0.918. The van der Waals surface area contributed by atoms with Crippen LogP contribution in [0.15, 0.2) is 24.5 Å². The fourth-order valence-corrected chi connectivity index (χ4v) is 3.68. The lowest BCUT2D eigenvalue weighted by atomic mass is 9.94. The van der Waals surface area contributed by atoms with E-state index < -0.39 is 0 Å². The van der Waals surface area contributed by atoms with Crippen LogP contribution < -0.4 is 5.32 Å². The van der Waals surface area contributed by atoms with Crippen LogP contribution >= 0.6 is 0 Å². The highest BCUT2D eigenvalue weighted by atomic mass is 16.5. The van der Waals surface area contributed by atoms with Gasteiger partial charge >= 0.3 is 0 Å². The number of carbonyl (C=O) groups is 1. The molecule has 0 aliphatic carbocycles. The first-order valence-corrected chi connectivity index (χ1v) is 8.16. The van der Waals surface area contributed by atoms with Crippen molar-refractivity contribution in [2.75, 3.05) is 26.7 Å². The Balaban J connectivity index is 1.60. The molecule has 1 amide bonds. The molecule has 120 valence electrons. The lowest BCUT2D eigenvalue weighted by molar-refractivity contribution is -0.131. The van der Waals surface area contributed by atoms with Crippen molar-refractivity contribution < 1.29 is 9.53 Å². The van der Waals surface area contributed by atoms with Crippen molar-refractivity contribution in [3.8, 4) is 0 Å². The predicted octanol–water partition coefficient (Wildman–Crippen LogP) is 1.62. The molecule has 0 saturated carbocycles. The van der Waals surface area contributed by atoms with Crippen molar-refractivity contribution in [3.63, 3.8) is 0 Å². The smallest absolute Gasteiger partial charge is 0.249 e. The maximum absolute atomic E-state index is 12.3. The first kappa shape index (κ1) is 15.4. The number of amides is 1. The van der Waals surface area contributed by atoms with Gasteiger partial charge in [0.05, 0.1) is 0 Å². The van der Waals surface area contributed by atoms with Gasteiger partial charge in [-0.3, -0.25) is 14.7 Å². The Morgan fingerprint density at radius 3 is 3.05 bits per heavy atom. The zero-order valence-electron chi connectivity index (χ0n) is 13.4. The molecule has 3 heterocycles.